The average molecular weight is 267 g/mol. The number of hydrogen-bond acceptors (Lipinski definition) is 4. The van der Waals surface area contributed by atoms with E-state index in [0.717, 1.165) is 0 Å². The number of halogens is 2. The molecule has 0 atom stereocenters. The molecule has 0 aliphatic rings. The molecule has 0 radical (unpaired) electrons. The average Bonchev–Trinajstić information content (AvgIpc) is 2.34. The summed E-state index contributed by atoms with van der Waals surface area (Å²) >= 11 is 5.64. The minimum Gasteiger partial charge on any atom is -0.364 e. The zero-order valence-corrected chi connectivity index (χ0v) is 9.78. The Morgan fingerprint density at radius 2 is 2.06 bits per heavy atom. The number of aromatic nitrogens is 2. The summed E-state index contributed by atoms with van der Waals surface area (Å²) < 4.78 is 13.0. The van der Waals surface area contributed by atoms with Crippen molar-refractivity contribution in [2.75, 3.05) is 5.32 Å². The first-order valence-corrected chi connectivity index (χ1v) is 5.28. The molecule has 0 saturated carbocycles. The summed E-state index contributed by atoms with van der Waals surface area (Å²) in [5.74, 6) is -1.05. The fourth-order valence-corrected chi connectivity index (χ4v) is 1.50. The maximum absolute atomic E-state index is 13.0. The highest BCUT2D eigenvalue weighted by Crippen LogP contribution is 2.22. The standard InChI is InChI=1S/C11H8ClFN4O/c12-7-5-6(1-2-8(7)13)17-11-9(10(14)18)15-3-4-16-11/h1-5H,(H2,14,18)(H,16,17). The first-order valence-electron chi connectivity index (χ1n) is 4.91. The third-order valence-corrected chi connectivity index (χ3v) is 2.40. The lowest BCUT2D eigenvalue weighted by molar-refractivity contribution is 0.0996. The quantitative estimate of drug-likeness (QED) is 0.891. The molecule has 0 bridgehead atoms. The van der Waals surface area contributed by atoms with Gasteiger partial charge in [0.2, 0.25) is 0 Å². The molecular weight excluding hydrogens is 259 g/mol. The molecule has 5 nitrogen and oxygen atoms in total. The molecule has 1 aromatic carbocycles. The normalized spacial score (nSPS) is 10.1. The van der Waals surface area contributed by atoms with Crippen molar-refractivity contribution in [2.45, 2.75) is 0 Å². The van der Waals surface area contributed by atoms with Gasteiger partial charge in [0.05, 0.1) is 5.02 Å². The Bertz CT molecular complexity index is 605. The zero-order valence-electron chi connectivity index (χ0n) is 9.02. The molecule has 0 aliphatic carbocycles. The van der Waals surface area contributed by atoms with E-state index in [4.69, 9.17) is 17.3 Å². The van der Waals surface area contributed by atoms with Gasteiger partial charge < -0.3 is 11.1 Å². The van der Waals surface area contributed by atoms with Gasteiger partial charge in [-0.3, -0.25) is 4.79 Å². The van der Waals surface area contributed by atoms with Crippen LogP contribution >= 0.6 is 11.6 Å². The summed E-state index contributed by atoms with van der Waals surface area (Å²) in [4.78, 5) is 18.9. The fraction of sp³-hybridized carbons (Fsp3) is 0. The van der Waals surface area contributed by atoms with E-state index in [9.17, 15) is 9.18 Å². The molecule has 1 amide bonds. The smallest absolute Gasteiger partial charge is 0.271 e. The molecule has 3 N–H and O–H groups in total. The van der Waals surface area contributed by atoms with E-state index in [-0.39, 0.29) is 16.5 Å². The fourth-order valence-electron chi connectivity index (χ4n) is 1.32. The van der Waals surface area contributed by atoms with Crippen molar-refractivity contribution < 1.29 is 9.18 Å². The van der Waals surface area contributed by atoms with E-state index in [0.29, 0.717) is 5.69 Å². The lowest BCUT2D eigenvalue weighted by Crippen LogP contribution is -2.16. The van der Waals surface area contributed by atoms with Crippen LogP contribution in [0.2, 0.25) is 5.02 Å². The maximum Gasteiger partial charge on any atom is 0.271 e. The van der Waals surface area contributed by atoms with Crippen LogP contribution in [0, 0.1) is 5.82 Å². The van der Waals surface area contributed by atoms with Crippen molar-refractivity contribution in [1.82, 2.24) is 9.97 Å². The number of anilines is 2. The van der Waals surface area contributed by atoms with Crippen LogP contribution < -0.4 is 11.1 Å². The van der Waals surface area contributed by atoms with Crippen molar-refractivity contribution in [3.63, 3.8) is 0 Å². The second-order valence-corrected chi connectivity index (χ2v) is 3.78. The number of rotatable bonds is 3. The van der Waals surface area contributed by atoms with Crippen LogP contribution in [-0.2, 0) is 0 Å². The molecule has 2 aromatic rings. The lowest BCUT2D eigenvalue weighted by atomic mass is 10.3. The van der Waals surface area contributed by atoms with Gasteiger partial charge in [0.1, 0.15) is 5.82 Å². The number of benzene rings is 1. The largest absolute Gasteiger partial charge is 0.364 e. The monoisotopic (exact) mass is 266 g/mol. The molecule has 2 rings (SSSR count). The van der Waals surface area contributed by atoms with Gasteiger partial charge in [-0.2, -0.15) is 0 Å². The first-order chi connectivity index (χ1) is 8.58. The van der Waals surface area contributed by atoms with Gasteiger partial charge in [0.25, 0.3) is 5.91 Å². The minimum absolute atomic E-state index is 0.00190. The van der Waals surface area contributed by atoms with Crippen molar-refractivity contribution in [2.24, 2.45) is 5.73 Å². The summed E-state index contributed by atoms with van der Waals surface area (Å²) in [7, 11) is 0. The number of nitrogens with one attached hydrogen (secondary N) is 1. The Labute approximate surface area is 107 Å². The molecule has 18 heavy (non-hydrogen) atoms. The number of nitrogens with two attached hydrogens (primary N) is 1. The number of hydrogen-bond donors (Lipinski definition) is 2. The predicted octanol–water partition coefficient (Wildman–Crippen LogP) is 2.11. The number of amides is 1. The summed E-state index contributed by atoms with van der Waals surface area (Å²) in [6.45, 7) is 0. The molecule has 0 fully saturated rings. The highest BCUT2D eigenvalue weighted by Gasteiger charge is 2.11. The topological polar surface area (TPSA) is 80.9 Å². The third kappa shape index (κ3) is 2.54. The van der Waals surface area contributed by atoms with Gasteiger partial charge in [0.15, 0.2) is 11.5 Å². The van der Waals surface area contributed by atoms with E-state index >= 15 is 0 Å². The second-order valence-electron chi connectivity index (χ2n) is 3.37. The molecule has 0 aliphatic heterocycles. The Hall–Kier alpha value is -2.21. The van der Waals surface area contributed by atoms with E-state index in [1.165, 1.54) is 30.6 Å². The molecule has 1 heterocycles. The molecule has 0 spiro atoms. The third-order valence-electron chi connectivity index (χ3n) is 2.11. The Morgan fingerprint density at radius 1 is 1.33 bits per heavy atom. The Morgan fingerprint density at radius 3 is 2.72 bits per heavy atom. The van der Waals surface area contributed by atoms with Gasteiger partial charge in [-0.05, 0) is 18.2 Å². The number of carbonyl (C=O) groups is 1. The summed E-state index contributed by atoms with van der Waals surface area (Å²) in [5.41, 5.74) is 5.63. The lowest BCUT2D eigenvalue weighted by Gasteiger charge is -2.08. The molecule has 0 saturated heterocycles. The maximum atomic E-state index is 13.0. The van der Waals surface area contributed by atoms with Gasteiger partial charge in [-0.25, -0.2) is 14.4 Å². The van der Waals surface area contributed by atoms with Crippen molar-refractivity contribution in [3.8, 4) is 0 Å². The van der Waals surface area contributed by atoms with E-state index in [1.807, 2.05) is 0 Å². The summed E-state index contributed by atoms with van der Waals surface area (Å²) in [6.07, 6.45) is 2.75. The highest BCUT2D eigenvalue weighted by molar-refractivity contribution is 6.31. The Kier molecular flexibility index (Phi) is 3.38. The van der Waals surface area contributed by atoms with E-state index in [2.05, 4.69) is 15.3 Å². The highest BCUT2D eigenvalue weighted by atomic mass is 35.5. The Balaban J connectivity index is 2.34. The van der Waals surface area contributed by atoms with Crippen molar-refractivity contribution >= 4 is 29.0 Å². The second kappa shape index (κ2) is 4.97. The van der Waals surface area contributed by atoms with Gasteiger partial charge in [-0.15, -0.1) is 0 Å². The van der Waals surface area contributed by atoms with Crippen LogP contribution in [0.4, 0.5) is 15.9 Å². The van der Waals surface area contributed by atoms with E-state index < -0.39 is 11.7 Å². The first kappa shape index (κ1) is 12.3. The number of carbonyl (C=O) groups excluding carboxylic acids is 1. The van der Waals surface area contributed by atoms with E-state index in [1.54, 1.807) is 0 Å². The molecule has 0 unspecified atom stereocenters. The van der Waals surface area contributed by atoms with Crippen LogP contribution in [-0.4, -0.2) is 15.9 Å². The predicted molar refractivity (Wildman–Crippen MR) is 65.2 cm³/mol. The van der Waals surface area contributed by atoms with Crippen molar-refractivity contribution in [3.05, 3.63) is 47.1 Å². The minimum atomic E-state index is -0.709. The summed E-state index contributed by atoms with van der Waals surface area (Å²) in [5, 5.41) is 2.76. The molecular formula is C11H8ClFN4O. The van der Waals surface area contributed by atoms with Gasteiger partial charge in [-0.1, -0.05) is 11.6 Å². The van der Waals surface area contributed by atoms with Gasteiger partial charge in [0, 0.05) is 18.1 Å². The van der Waals surface area contributed by atoms with Crippen LogP contribution in [0.1, 0.15) is 10.5 Å². The van der Waals surface area contributed by atoms with Crippen molar-refractivity contribution in [1.29, 1.82) is 0 Å². The van der Waals surface area contributed by atoms with Gasteiger partial charge >= 0.3 is 0 Å². The van der Waals surface area contributed by atoms with Crippen LogP contribution in [0.15, 0.2) is 30.6 Å². The molecule has 92 valence electrons. The number of nitrogens with zero attached hydrogens (tertiary/aromatic N) is 2. The SMILES string of the molecule is NC(=O)c1nccnc1Nc1ccc(F)c(Cl)c1. The van der Waals surface area contributed by atoms with Crippen LogP contribution in [0.5, 0.6) is 0 Å². The van der Waals surface area contributed by atoms with Crippen LogP contribution in [0.3, 0.4) is 0 Å². The zero-order chi connectivity index (χ0) is 13.1. The summed E-state index contributed by atoms with van der Waals surface area (Å²) in [6, 6.07) is 4.03. The van der Waals surface area contributed by atoms with Crippen LogP contribution in [0.25, 0.3) is 0 Å². The molecule has 1 aromatic heterocycles. The number of primary amides is 1. The molecule has 7 heteroatoms.